The Morgan fingerprint density at radius 3 is 3.00 bits per heavy atom. The highest BCUT2D eigenvalue weighted by Gasteiger charge is 2.23. The van der Waals surface area contributed by atoms with Crippen LogP contribution in [0, 0.1) is 0 Å². The molecule has 0 spiro atoms. The summed E-state index contributed by atoms with van der Waals surface area (Å²) in [5.74, 6) is 0.867. The molecule has 1 fully saturated rings. The van der Waals surface area contributed by atoms with Gasteiger partial charge >= 0.3 is 5.97 Å². The number of aromatic nitrogens is 2. The second kappa shape index (κ2) is 4.38. The van der Waals surface area contributed by atoms with Crippen LogP contribution in [-0.4, -0.2) is 22.5 Å². The Hall–Kier alpha value is -1.45. The number of carbonyl (C=O) groups excluding carboxylic acids is 1. The highest BCUT2D eigenvalue weighted by atomic mass is 16.5. The minimum absolute atomic E-state index is 0.361. The van der Waals surface area contributed by atoms with Crippen molar-refractivity contribution in [1.82, 2.24) is 9.97 Å². The van der Waals surface area contributed by atoms with E-state index in [1.165, 1.54) is 6.42 Å². The Labute approximate surface area is 88.7 Å². The van der Waals surface area contributed by atoms with Gasteiger partial charge in [0.15, 0.2) is 5.69 Å². The Balaban J connectivity index is 2.14. The molecule has 0 aliphatic heterocycles. The average molecular weight is 206 g/mol. The third-order valence-corrected chi connectivity index (χ3v) is 2.63. The molecule has 0 bridgehead atoms. The summed E-state index contributed by atoms with van der Waals surface area (Å²) in [6, 6.07) is 1.60. The first-order valence-corrected chi connectivity index (χ1v) is 5.31. The van der Waals surface area contributed by atoms with Crippen LogP contribution in [0.25, 0.3) is 0 Å². The summed E-state index contributed by atoms with van der Waals surface area (Å²) in [5, 5.41) is 0. The first-order valence-electron chi connectivity index (χ1n) is 5.31. The van der Waals surface area contributed by atoms with Crippen molar-refractivity contribution < 1.29 is 9.53 Å². The first kappa shape index (κ1) is 10.1. The minimum Gasteiger partial charge on any atom is -0.461 e. The van der Waals surface area contributed by atoms with Crippen molar-refractivity contribution in [3.05, 3.63) is 23.8 Å². The Morgan fingerprint density at radius 2 is 2.40 bits per heavy atom. The van der Waals surface area contributed by atoms with Gasteiger partial charge in [0.2, 0.25) is 0 Å². The highest BCUT2D eigenvalue weighted by molar-refractivity contribution is 5.87. The molecule has 0 N–H and O–H groups in total. The molecular weight excluding hydrogens is 192 g/mol. The highest BCUT2D eigenvalue weighted by Crippen LogP contribution is 2.33. The van der Waals surface area contributed by atoms with E-state index in [-0.39, 0.29) is 5.97 Å². The Morgan fingerprint density at radius 1 is 1.60 bits per heavy atom. The summed E-state index contributed by atoms with van der Waals surface area (Å²) >= 11 is 0. The predicted molar refractivity (Wildman–Crippen MR) is 54.6 cm³/mol. The van der Waals surface area contributed by atoms with E-state index in [1.807, 2.05) is 0 Å². The fourth-order valence-corrected chi connectivity index (χ4v) is 1.56. The number of ether oxygens (including phenoxy) is 1. The number of esters is 1. The second-order valence-corrected chi connectivity index (χ2v) is 3.65. The topological polar surface area (TPSA) is 52.1 Å². The summed E-state index contributed by atoms with van der Waals surface area (Å²) in [7, 11) is 0. The van der Waals surface area contributed by atoms with Gasteiger partial charge in [0.05, 0.1) is 6.61 Å². The van der Waals surface area contributed by atoms with Crippen molar-refractivity contribution >= 4 is 5.97 Å². The lowest BCUT2D eigenvalue weighted by Gasteiger charge is -2.23. The summed E-state index contributed by atoms with van der Waals surface area (Å²) in [4.78, 5) is 19.8. The predicted octanol–water partition coefficient (Wildman–Crippen LogP) is 1.92. The molecule has 1 saturated carbocycles. The first-order chi connectivity index (χ1) is 7.31. The fraction of sp³-hybridized carbons (Fsp3) is 0.545. The van der Waals surface area contributed by atoms with E-state index in [0.717, 1.165) is 18.7 Å². The van der Waals surface area contributed by atoms with Crippen LogP contribution < -0.4 is 0 Å². The fourth-order valence-electron chi connectivity index (χ4n) is 1.56. The van der Waals surface area contributed by atoms with Crippen molar-refractivity contribution in [2.45, 2.75) is 32.1 Å². The van der Waals surface area contributed by atoms with Gasteiger partial charge in [-0.1, -0.05) is 6.42 Å². The van der Waals surface area contributed by atoms with Crippen LogP contribution in [0.15, 0.2) is 12.3 Å². The van der Waals surface area contributed by atoms with Crippen molar-refractivity contribution in [2.75, 3.05) is 6.61 Å². The molecule has 4 heteroatoms. The summed E-state index contributed by atoms with van der Waals surface area (Å²) < 4.78 is 4.89. The zero-order valence-corrected chi connectivity index (χ0v) is 8.77. The average Bonchev–Trinajstić information content (AvgIpc) is 2.16. The van der Waals surface area contributed by atoms with Crippen LogP contribution in [0.4, 0.5) is 0 Å². The number of nitrogens with zero attached hydrogens (tertiary/aromatic N) is 2. The number of carbonyl (C=O) groups is 1. The second-order valence-electron chi connectivity index (χ2n) is 3.65. The number of hydrogen-bond donors (Lipinski definition) is 0. The quantitative estimate of drug-likeness (QED) is 0.709. The molecule has 1 aromatic heterocycles. The van der Waals surface area contributed by atoms with E-state index in [0.29, 0.717) is 18.2 Å². The van der Waals surface area contributed by atoms with Gasteiger partial charge in [-0.25, -0.2) is 14.8 Å². The summed E-state index contributed by atoms with van der Waals surface area (Å²) in [6.07, 6.45) is 5.13. The van der Waals surface area contributed by atoms with E-state index in [2.05, 4.69) is 9.97 Å². The normalized spacial score (nSPS) is 15.8. The molecule has 0 saturated heterocycles. The lowest BCUT2D eigenvalue weighted by molar-refractivity contribution is 0.0518. The van der Waals surface area contributed by atoms with Crippen LogP contribution in [0.1, 0.15) is 48.4 Å². The van der Waals surface area contributed by atoms with Crippen LogP contribution in [0.2, 0.25) is 0 Å². The largest absolute Gasteiger partial charge is 0.461 e. The molecule has 0 amide bonds. The summed E-state index contributed by atoms with van der Waals surface area (Å²) in [6.45, 7) is 2.16. The zero-order chi connectivity index (χ0) is 10.7. The monoisotopic (exact) mass is 206 g/mol. The molecule has 1 aliphatic rings. The van der Waals surface area contributed by atoms with Crippen molar-refractivity contribution in [1.29, 1.82) is 0 Å². The maximum Gasteiger partial charge on any atom is 0.357 e. The number of rotatable bonds is 3. The van der Waals surface area contributed by atoms with Gasteiger partial charge in [-0.05, 0) is 25.8 Å². The van der Waals surface area contributed by atoms with Crippen LogP contribution in [-0.2, 0) is 4.74 Å². The van der Waals surface area contributed by atoms with Gasteiger partial charge in [-0.2, -0.15) is 0 Å². The number of hydrogen-bond acceptors (Lipinski definition) is 4. The summed E-state index contributed by atoms with van der Waals surface area (Å²) in [5.41, 5.74) is 0.369. The van der Waals surface area contributed by atoms with Crippen LogP contribution in [0.5, 0.6) is 0 Å². The molecule has 1 aliphatic carbocycles. The van der Waals surface area contributed by atoms with Gasteiger partial charge in [-0.15, -0.1) is 0 Å². The SMILES string of the molecule is CCOC(=O)c1ccnc(C2CCC2)n1. The molecular formula is C11H14N2O2. The van der Waals surface area contributed by atoms with Crippen LogP contribution >= 0.6 is 0 Å². The maximum atomic E-state index is 11.4. The Bertz CT molecular complexity index is 361. The van der Waals surface area contributed by atoms with Gasteiger partial charge in [0.25, 0.3) is 0 Å². The van der Waals surface area contributed by atoms with E-state index in [1.54, 1.807) is 19.2 Å². The van der Waals surface area contributed by atoms with Gasteiger partial charge < -0.3 is 4.74 Å². The third-order valence-electron chi connectivity index (χ3n) is 2.63. The van der Waals surface area contributed by atoms with E-state index in [9.17, 15) is 4.79 Å². The lowest BCUT2D eigenvalue weighted by atomic mass is 9.85. The molecule has 0 atom stereocenters. The van der Waals surface area contributed by atoms with E-state index >= 15 is 0 Å². The molecule has 1 aromatic rings. The van der Waals surface area contributed by atoms with Gasteiger partial charge in [0, 0.05) is 12.1 Å². The third kappa shape index (κ3) is 2.14. The van der Waals surface area contributed by atoms with Crippen LogP contribution in [0.3, 0.4) is 0 Å². The van der Waals surface area contributed by atoms with Crippen molar-refractivity contribution in [2.24, 2.45) is 0 Å². The molecule has 2 rings (SSSR count). The van der Waals surface area contributed by atoms with Crippen molar-refractivity contribution in [3.63, 3.8) is 0 Å². The smallest absolute Gasteiger partial charge is 0.357 e. The molecule has 0 unspecified atom stereocenters. The van der Waals surface area contributed by atoms with E-state index in [4.69, 9.17) is 4.74 Å². The zero-order valence-electron chi connectivity index (χ0n) is 8.77. The van der Waals surface area contributed by atoms with Gasteiger partial charge in [0.1, 0.15) is 5.82 Å². The minimum atomic E-state index is -0.361. The molecule has 80 valence electrons. The van der Waals surface area contributed by atoms with Gasteiger partial charge in [-0.3, -0.25) is 0 Å². The Kier molecular flexibility index (Phi) is 2.94. The lowest BCUT2D eigenvalue weighted by Crippen LogP contribution is -2.15. The van der Waals surface area contributed by atoms with E-state index < -0.39 is 0 Å². The molecule has 0 radical (unpaired) electrons. The molecule has 4 nitrogen and oxygen atoms in total. The molecule has 15 heavy (non-hydrogen) atoms. The standard InChI is InChI=1S/C11H14N2O2/c1-2-15-11(14)9-6-7-12-10(13-9)8-4-3-5-8/h6-8H,2-5H2,1H3. The van der Waals surface area contributed by atoms with Crippen molar-refractivity contribution in [3.8, 4) is 0 Å². The maximum absolute atomic E-state index is 11.4. The molecule has 0 aromatic carbocycles. The molecule has 1 heterocycles.